The van der Waals surface area contributed by atoms with Crippen LogP contribution in [0.4, 0.5) is 0 Å². The van der Waals surface area contributed by atoms with E-state index >= 15 is 0 Å². The molecule has 0 spiro atoms. The first-order valence-corrected chi connectivity index (χ1v) is 8.04. The summed E-state index contributed by atoms with van der Waals surface area (Å²) >= 11 is 0. The Labute approximate surface area is 136 Å². The molecule has 0 aliphatic carbocycles. The van der Waals surface area contributed by atoms with Crippen molar-refractivity contribution in [3.63, 3.8) is 0 Å². The Morgan fingerprint density at radius 2 is 2.09 bits per heavy atom. The van der Waals surface area contributed by atoms with E-state index in [1.165, 1.54) is 0 Å². The number of aromatic nitrogens is 2. The first-order valence-electron chi connectivity index (χ1n) is 8.04. The van der Waals surface area contributed by atoms with Crippen LogP contribution < -0.4 is 4.74 Å². The Balaban J connectivity index is 1.96. The van der Waals surface area contributed by atoms with Crippen LogP contribution in [0, 0.1) is 13.8 Å². The number of carbonyl (C=O) groups excluding carboxylic acids is 1. The number of hydrogen-bond acceptors (Lipinski definition) is 4. The molecule has 0 aromatic carbocycles. The van der Waals surface area contributed by atoms with Gasteiger partial charge in [0.25, 0.3) is 5.91 Å². The Morgan fingerprint density at radius 3 is 2.70 bits per heavy atom. The van der Waals surface area contributed by atoms with E-state index in [2.05, 4.69) is 5.10 Å². The molecule has 1 aliphatic heterocycles. The van der Waals surface area contributed by atoms with E-state index in [1.807, 2.05) is 20.9 Å². The second kappa shape index (κ2) is 7.48. The number of carboxylic acids is 1. The summed E-state index contributed by atoms with van der Waals surface area (Å²) in [7, 11) is 1.84. The molecule has 1 aliphatic rings. The smallest absolute Gasteiger partial charge is 0.303 e. The van der Waals surface area contributed by atoms with Crippen molar-refractivity contribution in [2.75, 3.05) is 13.2 Å². The highest BCUT2D eigenvalue weighted by Gasteiger charge is 2.27. The van der Waals surface area contributed by atoms with Crippen molar-refractivity contribution in [1.29, 1.82) is 0 Å². The predicted molar refractivity (Wildman–Crippen MR) is 84.4 cm³/mol. The summed E-state index contributed by atoms with van der Waals surface area (Å²) in [5.74, 6) is -0.247. The van der Waals surface area contributed by atoms with Gasteiger partial charge in [-0.3, -0.25) is 14.3 Å². The van der Waals surface area contributed by atoms with Crippen molar-refractivity contribution < 1.29 is 19.4 Å². The van der Waals surface area contributed by atoms with Crippen LogP contribution >= 0.6 is 0 Å². The first kappa shape index (κ1) is 17.3. The van der Waals surface area contributed by atoms with Crippen molar-refractivity contribution in [3.05, 3.63) is 11.4 Å². The third-order valence-corrected chi connectivity index (χ3v) is 4.42. The van der Waals surface area contributed by atoms with Crippen LogP contribution in [0.2, 0.25) is 0 Å². The molecule has 7 nitrogen and oxygen atoms in total. The molecule has 2 heterocycles. The maximum Gasteiger partial charge on any atom is 0.303 e. The largest absolute Gasteiger partial charge is 0.481 e. The summed E-state index contributed by atoms with van der Waals surface area (Å²) in [6, 6.07) is 0.00652. The molecule has 2 rings (SSSR count). The highest BCUT2D eigenvalue weighted by atomic mass is 16.5. The summed E-state index contributed by atoms with van der Waals surface area (Å²) in [5.41, 5.74) is 1.65. The molecule has 1 atom stereocenters. The van der Waals surface area contributed by atoms with E-state index in [9.17, 15) is 9.59 Å². The number of amides is 1. The predicted octanol–water partition coefficient (Wildman–Crippen LogP) is 1.66. The van der Waals surface area contributed by atoms with E-state index in [1.54, 1.807) is 9.58 Å². The number of rotatable bonds is 6. The molecule has 128 valence electrons. The van der Waals surface area contributed by atoms with Gasteiger partial charge in [0.15, 0.2) is 12.4 Å². The van der Waals surface area contributed by atoms with Crippen molar-refractivity contribution in [2.45, 2.75) is 52.0 Å². The maximum absolute atomic E-state index is 12.5. The number of likely N-dealkylation sites (tertiary alicyclic amines) is 1. The van der Waals surface area contributed by atoms with Gasteiger partial charge < -0.3 is 14.7 Å². The summed E-state index contributed by atoms with van der Waals surface area (Å²) in [4.78, 5) is 25.0. The fourth-order valence-electron chi connectivity index (χ4n) is 3.10. The number of aliphatic carboxylic acids is 1. The Hall–Kier alpha value is -2.05. The number of carboxylic acid groups (broad SMARTS) is 1. The van der Waals surface area contributed by atoms with Crippen LogP contribution in [-0.2, 0) is 16.6 Å². The normalized spacial score (nSPS) is 18.0. The molecule has 1 aromatic heterocycles. The van der Waals surface area contributed by atoms with Gasteiger partial charge in [-0.15, -0.1) is 0 Å². The van der Waals surface area contributed by atoms with Crippen molar-refractivity contribution in [1.82, 2.24) is 14.7 Å². The molecule has 1 unspecified atom stereocenters. The lowest BCUT2D eigenvalue weighted by atomic mass is 9.98. The van der Waals surface area contributed by atoms with E-state index in [4.69, 9.17) is 9.84 Å². The van der Waals surface area contributed by atoms with E-state index < -0.39 is 5.97 Å². The zero-order chi connectivity index (χ0) is 17.0. The highest BCUT2D eigenvalue weighted by molar-refractivity contribution is 5.78. The summed E-state index contributed by atoms with van der Waals surface area (Å²) < 4.78 is 7.41. The molecule has 1 amide bonds. The SMILES string of the molecule is Cc1nn(C)c(C)c1OCC(=O)N1CCCCC1CCC(=O)O. The molecule has 0 saturated carbocycles. The second-order valence-electron chi connectivity index (χ2n) is 6.08. The van der Waals surface area contributed by atoms with Gasteiger partial charge in [-0.25, -0.2) is 0 Å². The Morgan fingerprint density at radius 1 is 1.35 bits per heavy atom. The van der Waals surface area contributed by atoms with E-state index in [-0.39, 0.29) is 25.0 Å². The average Bonchev–Trinajstić information content (AvgIpc) is 2.76. The minimum Gasteiger partial charge on any atom is -0.481 e. The van der Waals surface area contributed by atoms with E-state index in [0.29, 0.717) is 18.7 Å². The molecular weight excluding hydrogens is 298 g/mol. The lowest BCUT2D eigenvalue weighted by molar-refractivity contribution is -0.141. The number of nitrogens with zero attached hydrogens (tertiary/aromatic N) is 3. The topological polar surface area (TPSA) is 84.7 Å². The Bertz CT molecular complexity index is 582. The second-order valence-corrected chi connectivity index (χ2v) is 6.08. The van der Waals surface area contributed by atoms with E-state index in [0.717, 1.165) is 30.7 Å². The monoisotopic (exact) mass is 323 g/mol. The van der Waals surface area contributed by atoms with Crippen LogP contribution in [-0.4, -0.2) is 50.9 Å². The zero-order valence-corrected chi connectivity index (χ0v) is 14.0. The quantitative estimate of drug-likeness (QED) is 0.860. The highest BCUT2D eigenvalue weighted by Crippen LogP contribution is 2.23. The molecule has 0 radical (unpaired) electrons. The van der Waals surface area contributed by atoms with Gasteiger partial charge in [-0.05, 0) is 39.5 Å². The van der Waals surface area contributed by atoms with Gasteiger partial charge in [0, 0.05) is 26.1 Å². The average molecular weight is 323 g/mol. The molecule has 1 N–H and O–H groups in total. The molecule has 1 aromatic rings. The third kappa shape index (κ3) is 4.24. The lowest BCUT2D eigenvalue weighted by Gasteiger charge is -2.35. The van der Waals surface area contributed by atoms with Crippen LogP contribution in [0.25, 0.3) is 0 Å². The van der Waals surface area contributed by atoms with Crippen LogP contribution in [0.3, 0.4) is 0 Å². The summed E-state index contributed by atoms with van der Waals surface area (Å²) in [6.45, 7) is 4.40. The van der Waals surface area contributed by atoms with Crippen molar-refractivity contribution in [3.8, 4) is 5.75 Å². The van der Waals surface area contributed by atoms with Crippen molar-refractivity contribution in [2.24, 2.45) is 7.05 Å². The minimum absolute atomic E-state index is 0.00652. The molecule has 7 heteroatoms. The summed E-state index contributed by atoms with van der Waals surface area (Å²) in [6.07, 6.45) is 3.46. The third-order valence-electron chi connectivity index (χ3n) is 4.42. The number of aryl methyl sites for hydroxylation is 2. The van der Waals surface area contributed by atoms with Gasteiger partial charge in [0.1, 0.15) is 5.69 Å². The van der Waals surface area contributed by atoms with Crippen molar-refractivity contribution >= 4 is 11.9 Å². The van der Waals surface area contributed by atoms with Gasteiger partial charge in [-0.1, -0.05) is 0 Å². The fourth-order valence-corrected chi connectivity index (χ4v) is 3.10. The number of carbonyl (C=O) groups is 2. The van der Waals surface area contributed by atoms with Gasteiger partial charge in [0.05, 0.1) is 5.69 Å². The van der Waals surface area contributed by atoms with Gasteiger partial charge >= 0.3 is 5.97 Å². The standard InChI is InChI=1S/C16H25N3O4/c1-11-16(12(2)18(3)17-11)23-10-14(20)19-9-5-4-6-13(19)7-8-15(21)22/h13H,4-10H2,1-3H3,(H,21,22). The van der Waals surface area contributed by atoms with Gasteiger partial charge in [-0.2, -0.15) is 5.10 Å². The molecule has 23 heavy (non-hydrogen) atoms. The zero-order valence-electron chi connectivity index (χ0n) is 14.0. The first-order chi connectivity index (χ1) is 10.9. The lowest BCUT2D eigenvalue weighted by Crippen LogP contribution is -2.46. The molecule has 1 saturated heterocycles. The number of piperidine rings is 1. The summed E-state index contributed by atoms with van der Waals surface area (Å²) in [5, 5.41) is 13.1. The Kier molecular flexibility index (Phi) is 5.63. The molecule has 0 bridgehead atoms. The van der Waals surface area contributed by atoms with Crippen LogP contribution in [0.15, 0.2) is 0 Å². The minimum atomic E-state index is -0.819. The number of ether oxygens (including phenoxy) is 1. The van der Waals surface area contributed by atoms with Crippen LogP contribution in [0.5, 0.6) is 5.75 Å². The number of hydrogen-bond donors (Lipinski definition) is 1. The fraction of sp³-hybridized carbons (Fsp3) is 0.688. The van der Waals surface area contributed by atoms with Crippen LogP contribution in [0.1, 0.15) is 43.5 Å². The van der Waals surface area contributed by atoms with Gasteiger partial charge in [0.2, 0.25) is 0 Å². The molecule has 1 fully saturated rings. The maximum atomic E-state index is 12.5. The molecular formula is C16H25N3O4.